The maximum absolute atomic E-state index is 12.9. The Balaban J connectivity index is 1.66. The molecule has 1 heterocycles. The third-order valence-electron chi connectivity index (χ3n) is 4.53. The topological polar surface area (TPSA) is 61.9 Å². The Kier molecular flexibility index (Phi) is 5.58. The van der Waals surface area contributed by atoms with Gasteiger partial charge in [0.1, 0.15) is 17.5 Å². The maximum Gasteiger partial charge on any atom is 0.318 e. The summed E-state index contributed by atoms with van der Waals surface area (Å²) >= 11 is 0. The lowest BCUT2D eigenvalue weighted by atomic mass is 10.1. The number of carbonyl (C=O) groups excluding carboxylic acids is 2. The number of anilines is 1. The number of para-hydroxylation sites is 1. The number of nitrogens with one attached hydrogen (secondary N) is 1. The van der Waals surface area contributed by atoms with E-state index in [0.29, 0.717) is 18.8 Å². The SMILES string of the molecule is C[C@@H]1C(=O)N(c2ccc(Oc3ccccc3)cc2)CCN1C(=O)NC(C)(C)C. The summed E-state index contributed by atoms with van der Waals surface area (Å²) in [5, 5.41) is 2.92. The number of hydrogen-bond acceptors (Lipinski definition) is 3. The second-order valence-corrected chi connectivity index (χ2v) is 7.95. The number of nitrogens with zero attached hydrogens (tertiary/aromatic N) is 2. The van der Waals surface area contributed by atoms with Crippen molar-refractivity contribution in [3.63, 3.8) is 0 Å². The quantitative estimate of drug-likeness (QED) is 0.873. The van der Waals surface area contributed by atoms with Crippen LogP contribution in [0.3, 0.4) is 0 Å². The monoisotopic (exact) mass is 381 g/mol. The van der Waals surface area contributed by atoms with Crippen LogP contribution in [0.1, 0.15) is 27.7 Å². The fourth-order valence-corrected chi connectivity index (χ4v) is 3.12. The Hall–Kier alpha value is -3.02. The second-order valence-electron chi connectivity index (χ2n) is 7.95. The summed E-state index contributed by atoms with van der Waals surface area (Å²) in [6, 6.07) is 16.2. The van der Waals surface area contributed by atoms with E-state index in [1.54, 1.807) is 16.7 Å². The Morgan fingerprint density at radius 2 is 1.61 bits per heavy atom. The lowest BCUT2D eigenvalue weighted by Gasteiger charge is -2.40. The molecule has 3 amide bonds. The van der Waals surface area contributed by atoms with E-state index in [9.17, 15) is 9.59 Å². The summed E-state index contributed by atoms with van der Waals surface area (Å²) < 4.78 is 5.80. The van der Waals surface area contributed by atoms with Crippen LogP contribution in [0.15, 0.2) is 54.6 Å². The summed E-state index contributed by atoms with van der Waals surface area (Å²) in [5.41, 5.74) is 0.458. The molecule has 2 aromatic carbocycles. The lowest BCUT2D eigenvalue weighted by molar-refractivity contribution is -0.124. The van der Waals surface area contributed by atoms with Crippen molar-refractivity contribution in [2.24, 2.45) is 0 Å². The number of benzene rings is 2. The molecule has 6 heteroatoms. The molecule has 0 saturated carbocycles. The van der Waals surface area contributed by atoms with E-state index in [-0.39, 0.29) is 17.5 Å². The molecular weight excluding hydrogens is 354 g/mol. The highest BCUT2D eigenvalue weighted by atomic mass is 16.5. The molecule has 0 bridgehead atoms. The molecule has 3 rings (SSSR count). The molecular formula is C22H27N3O3. The van der Waals surface area contributed by atoms with E-state index in [1.807, 2.05) is 75.4 Å². The number of amides is 3. The van der Waals surface area contributed by atoms with Crippen LogP contribution >= 0.6 is 0 Å². The Morgan fingerprint density at radius 1 is 1.00 bits per heavy atom. The summed E-state index contributed by atoms with van der Waals surface area (Å²) in [7, 11) is 0. The van der Waals surface area contributed by atoms with Crippen molar-refractivity contribution in [3.05, 3.63) is 54.6 Å². The van der Waals surface area contributed by atoms with Crippen LogP contribution in [0.25, 0.3) is 0 Å². The van der Waals surface area contributed by atoms with Crippen molar-refractivity contribution in [1.82, 2.24) is 10.2 Å². The number of piperazine rings is 1. The first-order valence-corrected chi connectivity index (χ1v) is 9.48. The summed E-state index contributed by atoms with van der Waals surface area (Å²) in [5.74, 6) is 1.38. The van der Waals surface area contributed by atoms with Gasteiger partial charge in [0.2, 0.25) is 5.91 Å². The van der Waals surface area contributed by atoms with Gasteiger partial charge in [-0.15, -0.1) is 0 Å². The third-order valence-corrected chi connectivity index (χ3v) is 4.53. The fourth-order valence-electron chi connectivity index (χ4n) is 3.12. The van der Waals surface area contributed by atoms with Crippen LogP contribution in [0, 0.1) is 0 Å². The average Bonchev–Trinajstić information content (AvgIpc) is 2.64. The first-order valence-electron chi connectivity index (χ1n) is 9.48. The number of urea groups is 1. The molecule has 6 nitrogen and oxygen atoms in total. The smallest absolute Gasteiger partial charge is 0.318 e. The van der Waals surface area contributed by atoms with Gasteiger partial charge in [0.15, 0.2) is 0 Å². The molecule has 0 aromatic heterocycles. The molecule has 1 aliphatic heterocycles. The molecule has 148 valence electrons. The molecule has 1 aliphatic rings. The molecule has 1 saturated heterocycles. The van der Waals surface area contributed by atoms with Gasteiger partial charge in [-0.2, -0.15) is 0 Å². The van der Waals surface area contributed by atoms with Crippen molar-refractivity contribution in [1.29, 1.82) is 0 Å². The standard InChI is InChI=1S/C22H27N3O3/c1-16-20(26)25(15-14-24(16)21(27)23-22(2,3)4)17-10-12-19(13-11-17)28-18-8-6-5-7-9-18/h5-13,16H,14-15H2,1-4H3,(H,23,27)/t16-/m1/s1. The van der Waals surface area contributed by atoms with Crippen molar-refractivity contribution in [2.75, 3.05) is 18.0 Å². The molecule has 28 heavy (non-hydrogen) atoms. The van der Waals surface area contributed by atoms with E-state index < -0.39 is 6.04 Å². The molecule has 0 spiro atoms. The van der Waals surface area contributed by atoms with Gasteiger partial charge in [-0.25, -0.2) is 4.79 Å². The van der Waals surface area contributed by atoms with Crippen LogP contribution in [-0.4, -0.2) is 41.5 Å². The molecule has 0 unspecified atom stereocenters. The summed E-state index contributed by atoms with van der Waals surface area (Å²) in [4.78, 5) is 28.6. The second kappa shape index (κ2) is 7.92. The highest BCUT2D eigenvalue weighted by molar-refractivity contribution is 6.00. The lowest BCUT2D eigenvalue weighted by Crippen LogP contribution is -2.61. The zero-order valence-corrected chi connectivity index (χ0v) is 16.8. The van der Waals surface area contributed by atoms with Crippen LogP contribution < -0.4 is 15.0 Å². The van der Waals surface area contributed by atoms with Crippen molar-refractivity contribution >= 4 is 17.6 Å². The molecule has 0 aliphatic carbocycles. The molecule has 2 aromatic rings. The normalized spacial score (nSPS) is 17.4. The first-order chi connectivity index (χ1) is 13.2. The summed E-state index contributed by atoms with van der Waals surface area (Å²) in [6.07, 6.45) is 0. The van der Waals surface area contributed by atoms with E-state index in [2.05, 4.69) is 5.32 Å². The van der Waals surface area contributed by atoms with E-state index in [4.69, 9.17) is 4.74 Å². The molecule has 0 radical (unpaired) electrons. The third kappa shape index (κ3) is 4.63. The number of ether oxygens (including phenoxy) is 1. The van der Waals surface area contributed by atoms with Crippen LogP contribution in [0.5, 0.6) is 11.5 Å². The average molecular weight is 381 g/mol. The Labute approximate surface area is 166 Å². The van der Waals surface area contributed by atoms with Crippen molar-refractivity contribution in [2.45, 2.75) is 39.3 Å². The van der Waals surface area contributed by atoms with Crippen LogP contribution in [0.4, 0.5) is 10.5 Å². The van der Waals surface area contributed by atoms with E-state index in [1.165, 1.54) is 0 Å². The van der Waals surface area contributed by atoms with Gasteiger partial charge in [0.05, 0.1) is 0 Å². The highest BCUT2D eigenvalue weighted by Crippen LogP contribution is 2.26. The zero-order valence-electron chi connectivity index (χ0n) is 16.8. The highest BCUT2D eigenvalue weighted by Gasteiger charge is 2.35. The van der Waals surface area contributed by atoms with Crippen molar-refractivity contribution in [3.8, 4) is 11.5 Å². The number of hydrogen-bond donors (Lipinski definition) is 1. The Bertz CT molecular complexity index is 828. The minimum absolute atomic E-state index is 0.0907. The van der Waals surface area contributed by atoms with Gasteiger partial charge in [-0.3, -0.25) is 4.79 Å². The van der Waals surface area contributed by atoms with Gasteiger partial charge < -0.3 is 19.9 Å². The Morgan fingerprint density at radius 3 is 2.21 bits per heavy atom. The minimum atomic E-state index is -0.517. The van der Waals surface area contributed by atoms with Gasteiger partial charge in [0, 0.05) is 24.3 Å². The zero-order chi connectivity index (χ0) is 20.3. The van der Waals surface area contributed by atoms with Gasteiger partial charge in [-0.1, -0.05) is 18.2 Å². The van der Waals surface area contributed by atoms with Gasteiger partial charge >= 0.3 is 6.03 Å². The van der Waals surface area contributed by atoms with Gasteiger partial charge in [-0.05, 0) is 64.1 Å². The predicted molar refractivity (Wildman–Crippen MR) is 110 cm³/mol. The van der Waals surface area contributed by atoms with E-state index in [0.717, 1.165) is 11.4 Å². The maximum atomic E-state index is 12.9. The first kappa shape index (κ1) is 19.7. The van der Waals surface area contributed by atoms with Gasteiger partial charge in [0.25, 0.3) is 0 Å². The van der Waals surface area contributed by atoms with Crippen LogP contribution in [0.2, 0.25) is 0 Å². The minimum Gasteiger partial charge on any atom is -0.457 e. The fraction of sp³-hybridized carbons (Fsp3) is 0.364. The van der Waals surface area contributed by atoms with Crippen LogP contribution in [-0.2, 0) is 4.79 Å². The number of rotatable bonds is 3. The number of carbonyl (C=O) groups is 2. The van der Waals surface area contributed by atoms with E-state index >= 15 is 0 Å². The predicted octanol–water partition coefficient (Wildman–Crippen LogP) is 4.02. The van der Waals surface area contributed by atoms with Crippen molar-refractivity contribution < 1.29 is 14.3 Å². The molecule has 1 atom stereocenters. The summed E-state index contributed by atoms with van der Waals surface area (Å²) in [6.45, 7) is 8.48. The largest absolute Gasteiger partial charge is 0.457 e. The molecule has 1 fully saturated rings. The molecule has 1 N–H and O–H groups in total.